The van der Waals surface area contributed by atoms with Crippen molar-refractivity contribution < 1.29 is 4.79 Å². The van der Waals surface area contributed by atoms with Crippen LogP contribution >= 0.6 is 22.6 Å². The van der Waals surface area contributed by atoms with Gasteiger partial charge >= 0.3 is 0 Å². The van der Waals surface area contributed by atoms with E-state index in [9.17, 15) is 4.79 Å². The molecule has 1 fully saturated rings. The summed E-state index contributed by atoms with van der Waals surface area (Å²) in [5.41, 5.74) is 1.24. The fraction of sp³-hybridized carbons (Fsp3) is 0.267. The molecule has 1 aliphatic rings. The molecule has 1 saturated heterocycles. The van der Waals surface area contributed by atoms with E-state index in [1.54, 1.807) is 17.9 Å². The van der Waals surface area contributed by atoms with Crippen molar-refractivity contribution in [3.63, 3.8) is 0 Å². The molecule has 3 rings (SSSR count). The van der Waals surface area contributed by atoms with E-state index in [0.717, 1.165) is 14.8 Å². The van der Waals surface area contributed by atoms with Crippen molar-refractivity contribution in [2.75, 3.05) is 7.05 Å². The van der Waals surface area contributed by atoms with Gasteiger partial charge in [0.05, 0.1) is 23.8 Å². The van der Waals surface area contributed by atoms with Crippen LogP contribution in [0.4, 0.5) is 0 Å². The standard InChI is InChI=1S/C15H16IN5O/c1-15(7-13(22)20(2)14(17)19-15)10-8-18-21(9-10)12-5-3-4-11(16)6-12/h3-6,8-9H,7H2,1-2H3,(H2,17,19)/t15-/m0/s1. The van der Waals surface area contributed by atoms with Crippen molar-refractivity contribution in [3.8, 4) is 5.69 Å². The number of amides is 1. The molecule has 1 aliphatic heterocycles. The largest absolute Gasteiger partial charge is 0.346 e. The lowest BCUT2D eigenvalue weighted by Crippen LogP contribution is -2.58. The summed E-state index contributed by atoms with van der Waals surface area (Å²) in [5.74, 6) is 0.0361. The molecule has 22 heavy (non-hydrogen) atoms. The van der Waals surface area contributed by atoms with Gasteiger partial charge in [-0.1, -0.05) is 6.07 Å². The van der Waals surface area contributed by atoms with E-state index in [0.29, 0.717) is 6.42 Å². The second-order valence-electron chi connectivity index (χ2n) is 5.59. The van der Waals surface area contributed by atoms with Crippen LogP contribution in [0.2, 0.25) is 0 Å². The summed E-state index contributed by atoms with van der Waals surface area (Å²) in [6.45, 7) is 1.92. The first kappa shape index (κ1) is 15.0. The Morgan fingerprint density at radius 2 is 2.23 bits per heavy atom. The maximum Gasteiger partial charge on any atom is 0.231 e. The van der Waals surface area contributed by atoms with Crippen molar-refractivity contribution in [2.24, 2.45) is 0 Å². The van der Waals surface area contributed by atoms with Gasteiger partial charge in [0.2, 0.25) is 5.91 Å². The fourth-order valence-electron chi connectivity index (χ4n) is 2.48. The second kappa shape index (κ2) is 5.38. The van der Waals surface area contributed by atoms with E-state index < -0.39 is 5.54 Å². The molecule has 0 spiro atoms. The van der Waals surface area contributed by atoms with Crippen LogP contribution in [0.5, 0.6) is 0 Å². The van der Waals surface area contributed by atoms with Crippen LogP contribution in [0, 0.1) is 8.98 Å². The lowest BCUT2D eigenvalue weighted by molar-refractivity contribution is -0.129. The van der Waals surface area contributed by atoms with E-state index in [-0.39, 0.29) is 11.9 Å². The van der Waals surface area contributed by atoms with Gasteiger partial charge in [-0.3, -0.25) is 15.1 Å². The van der Waals surface area contributed by atoms with Gasteiger partial charge in [0, 0.05) is 22.4 Å². The quantitative estimate of drug-likeness (QED) is 0.747. The second-order valence-corrected chi connectivity index (χ2v) is 6.83. The molecule has 7 heteroatoms. The number of nitrogens with zero attached hydrogens (tertiary/aromatic N) is 3. The van der Waals surface area contributed by atoms with Crippen molar-refractivity contribution in [1.29, 1.82) is 5.41 Å². The topological polar surface area (TPSA) is 74.0 Å². The molecule has 0 aliphatic carbocycles. The number of halogens is 1. The zero-order valence-electron chi connectivity index (χ0n) is 12.3. The normalized spacial score (nSPS) is 21.9. The van der Waals surface area contributed by atoms with E-state index in [2.05, 4.69) is 33.0 Å². The first-order valence-electron chi connectivity index (χ1n) is 6.83. The summed E-state index contributed by atoms with van der Waals surface area (Å²) in [6, 6.07) is 8.02. The predicted molar refractivity (Wildman–Crippen MR) is 91.9 cm³/mol. The molecule has 114 valence electrons. The zero-order valence-corrected chi connectivity index (χ0v) is 14.5. The minimum atomic E-state index is -0.610. The van der Waals surface area contributed by atoms with Crippen LogP contribution in [0.15, 0.2) is 36.7 Å². The molecule has 2 aromatic rings. The zero-order chi connectivity index (χ0) is 15.9. The molecule has 1 aromatic heterocycles. The highest BCUT2D eigenvalue weighted by Crippen LogP contribution is 2.28. The number of carbonyl (C=O) groups is 1. The third-order valence-electron chi connectivity index (χ3n) is 3.90. The minimum Gasteiger partial charge on any atom is -0.346 e. The van der Waals surface area contributed by atoms with Gasteiger partial charge < -0.3 is 5.32 Å². The number of hydrogen-bond donors (Lipinski definition) is 2. The summed E-state index contributed by atoms with van der Waals surface area (Å²) < 4.78 is 2.92. The average Bonchev–Trinajstić information content (AvgIpc) is 2.95. The first-order chi connectivity index (χ1) is 10.4. The van der Waals surface area contributed by atoms with Crippen LogP contribution in [-0.4, -0.2) is 33.6 Å². The van der Waals surface area contributed by atoms with Crippen molar-refractivity contribution in [2.45, 2.75) is 18.9 Å². The number of rotatable bonds is 2. The van der Waals surface area contributed by atoms with Crippen LogP contribution in [0.1, 0.15) is 18.9 Å². The highest BCUT2D eigenvalue weighted by atomic mass is 127. The third-order valence-corrected chi connectivity index (χ3v) is 4.57. The summed E-state index contributed by atoms with van der Waals surface area (Å²) in [4.78, 5) is 13.4. The predicted octanol–water partition coefficient (Wildman–Crippen LogP) is 2.08. The Labute approximate surface area is 142 Å². The Morgan fingerprint density at radius 3 is 2.91 bits per heavy atom. The Balaban J connectivity index is 1.93. The van der Waals surface area contributed by atoms with Gasteiger partial charge in [0.25, 0.3) is 0 Å². The SMILES string of the molecule is CN1C(=N)N[C@](C)(c2cnn(-c3cccc(I)c3)c2)CC1=O. The molecule has 0 radical (unpaired) electrons. The molecule has 1 atom stereocenters. The van der Waals surface area contributed by atoms with Gasteiger partial charge in [-0.15, -0.1) is 0 Å². The van der Waals surface area contributed by atoms with Crippen molar-refractivity contribution >= 4 is 34.5 Å². The Hall–Kier alpha value is -1.90. The molecule has 1 amide bonds. The van der Waals surface area contributed by atoms with Gasteiger partial charge in [-0.25, -0.2) is 4.68 Å². The highest BCUT2D eigenvalue weighted by molar-refractivity contribution is 14.1. The number of benzene rings is 1. The van der Waals surface area contributed by atoms with Gasteiger partial charge in [-0.2, -0.15) is 5.10 Å². The lowest BCUT2D eigenvalue weighted by Gasteiger charge is -2.38. The minimum absolute atomic E-state index is 0.0757. The number of nitrogens with one attached hydrogen (secondary N) is 2. The number of aromatic nitrogens is 2. The maximum absolute atomic E-state index is 12.0. The molecule has 0 unspecified atom stereocenters. The highest BCUT2D eigenvalue weighted by Gasteiger charge is 2.38. The summed E-state index contributed by atoms with van der Waals surface area (Å²) in [6.07, 6.45) is 3.95. The van der Waals surface area contributed by atoms with E-state index >= 15 is 0 Å². The Morgan fingerprint density at radius 1 is 1.45 bits per heavy atom. The molecule has 1 aromatic carbocycles. The van der Waals surface area contributed by atoms with Gasteiger partial charge in [0.1, 0.15) is 0 Å². The molecular formula is C15H16IN5O. The van der Waals surface area contributed by atoms with Crippen molar-refractivity contribution in [3.05, 3.63) is 45.8 Å². The van der Waals surface area contributed by atoms with E-state index in [1.165, 1.54) is 4.90 Å². The smallest absolute Gasteiger partial charge is 0.231 e. The Kier molecular flexibility index (Phi) is 3.67. The van der Waals surface area contributed by atoms with Crippen LogP contribution in [-0.2, 0) is 10.3 Å². The van der Waals surface area contributed by atoms with E-state index in [4.69, 9.17) is 5.41 Å². The third kappa shape index (κ3) is 2.60. The fourth-order valence-corrected chi connectivity index (χ4v) is 3.00. The van der Waals surface area contributed by atoms with E-state index in [1.807, 2.05) is 37.4 Å². The van der Waals surface area contributed by atoms with Gasteiger partial charge in [0.15, 0.2) is 5.96 Å². The maximum atomic E-state index is 12.0. The van der Waals surface area contributed by atoms with Crippen LogP contribution < -0.4 is 5.32 Å². The number of carbonyl (C=O) groups excluding carboxylic acids is 1. The molecule has 0 saturated carbocycles. The molecule has 2 N–H and O–H groups in total. The first-order valence-corrected chi connectivity index (χ1v) is 7.91. The molecule has 0 bridgehead atoms. The molecule has 2 heterocycles. The number of guanidine groups is 1. The molecular weight excluding hydrogens is 393 g/mol. The van der Waals surface area contributed by atoms with Crippen molar-refractivity contribution in [1.82, 2.24) is 20.0 Å². The number of hydrogen-bond acceptors (Lipinski definition) is 3. The summed E-state index contributed by atoms with van der Waals surface area (Å²) >= 11 is 2.26. The van der Waals surface area contributed by atoms with Gasteiger partial charge in [-0.05, 0) is 47.7 Å². The molecule has 6 nitrogen and oxygen atoms in total. The lowest BCUT2D eigenvalue weighted by atomic mass is 9.89. The van der Waals surface area contributed by atoms with Crippen LogP contribution in [0.25, 0.3) is 5.69 Å². The summed E-state index contributed by atoms with van der Waals surface area (Å²) in [7, 11) is 1.60. The average molecular weight is 409 g/mol. The monoisotopic (exact) mass is 409 g/mol. The van der Waals surface area contributed by atoms with Crippen LogP contribution in [0.3, 0.4) is 0 Å². The summed E-state index contributed by atoms with van der Waals surface area (Å²) in [5, 5.41) is 15.4. The Bertz CT molecular complexity index is 736.